The van der Waals surface area contributed by atoms with Crippen molar-refractivity contribution < 1.29 is 4.39 Å². The summed E-state index contributed by atoms with van der Waals surface area (Å²) in [5.41, 5.74) is 1.95. The van der Waals surface area contributed by atoms with Gasteiger partial charge in [0.1, 0.15) is 5.82 Å². The van der Waals surface area contributed by atoms with Gasteiger partial charge in [-0.3, -0.25) is 0 Å². The highest BCUT2D eigenvalue weighted by Gasteiger charge is 2.18. The molecule has 94 valence electrons. The van der Waals surface area contributed by atoms with Gasteiger partial charge in [0.25, 0.3) is 0 Å². The van der Waals surface area contributed by atoms with Gasteiger partial charge in [-0.2, -0.15) is 0 Å². The Labute approximate surface area is 120 Å². The molecule has 0 radical (unpaired) electrons. The van der Waals surface area contributed by atoms with E-state index in [0.29, 0.717) is 21.2 Å². The van der Waals surface area contributed by atoms with Crippen molar-refractivity contribution in [1.82, 2.24) is 0 Å². The monoisotopic (exact) mass is 302 g/mol. The molecule has 0 N–H and O–H groups in total. The molecule has 0 aliphatic carbocycles. The minimum Gasteiger partial charge on any atom is -0.207 e. The largest absolute Gasteiger partial charge is 0.207 e. The second-order valence-electron chi connectivity index (χ2n) is 4.05. The lowest BCUT2D eigenvalue weighted by Gasteiger charge is -2.14. The number of hydrogen-bond acceptors (Lipinski definition) is 0. The summed E-state index contributed by atoms with van der Waals surface area (Å²) in [5, 5.41) is 0.338. The number of rotatable bonds is 2. The Hall–Kier alpha value is -0.760. The molecule has 2 aromatic carbocycles. The van der Waals surface area contributed by atoms with Gasteiger partial charge in [-0.1, -0.05) is 40.9 Å². The van der Waals surface area contributed by atoms with Crippen LogP contribution in [0.1, 0.15) is 22.1 Å². The molecule has 0 bridgehead atoms. The topological polar surface area (TPSA) is 0 Å². The maximum Gasteiger partial charge on any atom is 0.128 e. The van der Waals surface area contributed by atoms with Gasteiger partial charge in [-0.25, -0.2) is 4.39 Å². The lowest BCUT2D eigenvalue weighted by molar-refractivity contribution is 0.612. The van der Waals surface area contributed by atoms with Crippen LogP contribution in [0.25, 0.3) is 0 Å². The molecule has 2 aromatic rings. The zero-order chi connectivity index (χ0) is 13.3. The highest BCUT2D eigenvalue weighted by Crippen LogP contribution is 2.36. The molecule has 2 rings (SSSR count). The molecule has 0 aliphatic rings. The number of halogens is 4. The molecule has 0 aromatic heterocycles. The summed E-state index contributed by atoms with van der Waals surface area (Å²) in [5.74, 6) is -0.350. The van der Waals surface area contributed by atoms with Gasteiger partial charge in [0.15, 0.2) is 0 Å². The van der Waals surface area contributed by atoms with Crippen molar-refractivity contribution >= 4 is 34.8 Å². The molecule has 18 heavy (non-hydrogen) atoms. The Kier molecular flexibility index (Phi) is 4.16. The second-order valence-corrected chi connectivity index (χ2v) is 5.33. The lowest BCUT2D eigenvalue weighted by Crippen LogP contribution is -1.98. The first-order chi connectivity index (χ1) is 8.49. The van der Waals surface area contributed by atoms with E-state index in [-0.39, 0.29) is 5.82 Å². The summed E-state index contributed by atoms with van der Waals surface area (Å²) >= 11 is 18.3. The highest BCUT2D eigenvalue weighted by molar-refractivity contribution is 6.35. The molecule has 0 amide bonds. The van der Waals surface area contributed by atoms with E-state index < -0.39 is 5.38 Å². The van der Waals surface area contributed by atoms with E-state index in [1.54, 1.807) is 30.3 Å². The third-order valence-electron chi connectivity index (χ3n) is 2.66. The predicted octanol–water partition coefficient (Wildman–Crippen LogP) is 5.77. The minimum atomic E-state index is -0.656. The Balaban J connectivity index is 2.50. The summed E-state index contributed by atoms with van der Waals surface area (Å²) in [4.78, 5) is 0. The van der Waals surface area contributed by atoms with Crippen LogP contribution in [0.3, 0.4) is 0 Å². The van der Waals surface area contributed by atoms with E-state index in [1.807, 2.05) is 6.92 Å². The van der Waals surface area contributed by atoms with Crippen LogP contribution in [0.2, 0.25) is 10.0 Å². The van der Waals surface area contributed by atoms with Crippen molar-refractivity contribution in [2.45, 2.75) is 12.3 Å². The molecule has 4 heteroatoms. The van der Waals surface area contributed by atoms with Gasteiger partial charge in [-0.05, 0) is 36.8 Å². The fraction of sp³-hybridized carbons (Fsp3) is 0.143. The fourth-order valence-corrected chi connectivity index (χ4v) is 2.54. The first-order valence-electron chi connectivity index (χ1n) is 5.34. The Bertz CT molecular complexity index is 530. The maximum absolute atomic E-state index is 13.8. The molecule has 0 fully saturated rings. The van der Waals surface area contributed by atoms with Crippen LogP contribution in [0.5, 0.6) is 0 Å². The molecule has 0 saturated carbocycles. The van der Waals surface area contributed by atoms with Crippen LogP contribution in [0.4, 0.5) is 4.39 Å². The van der Waals surface area contributed by atoms with Crippen LogP contribution in [0.15, 0.2) is 36.4 Å². The van der Waals surface area contributed by atoms with E-state index in [4.69, 9.17) is 34.8 Å². The average Bonchev–Trinajstić information content (AvgIpc) is 2.34. The van der Waals surface area contributed by atoms with Crippen molar-refractivity contribution in [3.05, 3.63) is 69.0 Å². The van der Waals surface area contributed by atoms with Crippen LogP contribution in [-0.2, 0) is 0 Å². The van der Waals surface area contributed by atoms with Crippen molar-refractivity contribution in [3.63, 3.8) is 0 Å². The molecule has 0 nitrogen and oxygen atoms in total. The molecule has 0 heterocycles. The third kappa shape index (κ3) is 2.80. The van der Waals surface area contributed by atoms with Gasteiger partial charge in [0.05, 0.1) is 5.38 Å². The molecule has 0 saturated heterocycles. The lowest BCUT2D eigenvalue weighted by atomic mass is 10.0. The number of benzene rings is 2. The molecule has 1 atom stereocenters. The van der Waals surface area contributed by atoms with Crippen LogP contribution >= 0.6 is 34.8 Å². The Morgan fingerprint density at radius 1 is 1.00 bits per heavy atom. The highest BCUT2D eigenvalue weighted by atomic mass is 35.5. The van der Waals surface area contributed by atoms with Crippen molar-refractivity contribution in [2.24, 2.45) is 0 Å². The normalized spacial score (nSPS) is 12.5. The summed E-state index contributed by atoms with van der Waals surface area (Å²) in [6, 6.07) is 9.79. The molecular weight excluding hydrogens is 294 g/mol. The molecule has 0 spiro atoms. The Morgan fingerprint density at radius 3 is 2.44 bits per heavy atom. The first-order valence-corrected chi connectivity index (χ1v) is 6.53. The number of hydrogen-bond donors (Lipinski definition) is 0. The fourth-order valence-electron chi connectivity index (χ4n) is 1.73. The van der Waals surface area contributed by atoms with E-state index >= 15 is 0 Å². The van der Waals surface area contributed by atoms with Crippen molar-refractivity contribution in [2.75, 3.05) is 0 Å². The van der Waals surface area contributed by atoms with Crippen LogP contribution < -0.4 is 0 Å². The predicted molar refractivity (Wildman–Crippen MR) is 75.3 cm³/mol. The first kappa shape index (κ1) is 13.7. The molecule has 0 aliphatic heterocycles. The van der Waals surface area contributed by atoms with E-state index in [9.17, 15) is 4.39 Å². The van der Waals surface area contributed by atoms with Gasteiger partial charge in [-0.15, -0.1) is 11.6 Å². The van der Waals surface area contributed by atoms with Gasteiger partial charge in [0, 0.05) is 15.6 Å². The van der Waals surface area contributed by atoms with E-state index in [2.05, 4.69) is 0 Å². The smallest absolute Gasteiger partial charge is 0.128 e. The van der Waals surface area contributed by atoms with Gasteiger partial charge in [0.2, 0.25) is 0 Å². The average molecular weight is 304 g/mol. The summed E-state index contributed by atoms with van der Waals surface area (Å²) in [7, 11) is 0. The number of aryl methyl sites for hydroxylation is 1. The zero-order valence-corrected chi connectivity index (χ0v) is 11.8. The summed E-state index contributed by atoms with van der Waals surface area (Å²) in [6.45, 7) is 1.88. The Morgan fingerprint density at radius 2 is 1.72 bits per heavy atom. The van der Waals surface area contributed by atoms with E-state index in [1.165, 1.54) is 6.07 Å². The van der Waals surface area contributed by atoms with Crippen LogP contribution in [0, 0.1) is 12.7 Å². The van der Waals surface area contributed by atoms with Gasteiger partial charge >= 0.3 is 0 Å². The standard InChI is InChI=1S/C14H10Cl3F/c1-8-2-5-13(18)11(6-8)14(17)10-7-9(15)3-4-12(10)16/h2-7,14H,1H3. The van der Waals surface area contributed by atoms with Crippen molar-refractivity contribution in [1.29, 1.82) is 0 Å². The minimum absolute atomic E-state index is 0.350. The summed E-state index contributed by atoms with van der Waals surface area (Å²) in [6.07, 6.45) is 0. The summed E-state index contributed by atoms with van der Waals surface area (Å²) < 4.78 is 13.8. The zero-order valence-electron chi connectivity index (χ0n) is 9.55. The quantitative estimate of drug-likeness (QED) is 0.618. The third-order valence-corrected chi connectivity index (χ3v) is 3.71. The van der Waals surface area contributed by atoms with Crippen molar-refractivity contribution in [3.8, 4) is 0 Å². The maximum atomic E-state index is 13.8. The second kappa shape index (κ2) is 5.48. The van der Waals surface area contributed by atoms with Gasteiger partial charge < -0.3 is 0 Å². The van der Waals surface area contributed by atoms with Crippen LogP contribution in [-0.4, -0.2) is 0 Å². The number of alkyl halides is 1. The van der Waals surface area contributed by atoms with E-state index in [0.717, 1.165) is 5.56 Å². The molecular formula is C14H10Cl3F. The SMILES string of the molecule is Cc1ccc(F)c(C(Cl)c2cc(Cl)ccc2Cl)c1. The molecule has 1 unspecified atom stereocenters.